The number of likely N-dealkylation sites (tertiary alicyclic amines) is 1. The summed E-state index contributed by atoms with van der Waals surface area (Å²) in [6, 6.07) is 7.32. The van der Waals surface area contributed by atoms with Crippen LogP contribution in [0.2, 0.25) is 0 Å². The molecule has 0 saturated carbocycles. The van der Waals surface area contributed by atoms with Gasteiger partial charge in [0.05, 0.1) is 0 Å². The number of hydrogen-bond acceptors (Lipinski definition) is 4. The number of rotatable bonds is 4. The van der Waals surface area contributed by atoms with Crippen LogP contribution in [-0.4, -0.2) is 36.4 Å². The van der Waals surface area contributed by atoms with Crippen molar-refractivity contribution in [1.29, 1.82) is 0 Å². The minimum Gasteiger partial charge on any atom is -0.484 e. The van der Waals surface area contributed by atoms with Gasteiger partial charge < -0.3 is 9.64 Å². The second-order valence-electron chi connectivity index (χ2n) is 4.91. The number of amides is 2. The molecule has 0 aliphatic carbocycles. The molecular weight excluding hydrogens is 338 g/mol. The van der Waals surface area contributed by atoms with Crippen LogP contribution in [0.4, 0.5) is 0 Å². The van der Waals surface area contributed by atoms with Gasteiger partial charge in [-0.2, -0.15) is 0 Å². The van der Waals surface area contributed by atoms with Gasteiger partial charge in [-0.15, -0.1) is 0 Å². The van der Waals surface area contributed by atoms with Crippen LogP contribution >= 0.6 is 15.9 Å². The second kappa shape index (κ2) is 7.42. The molecule has 7 heteroatoms. The summed E-state index contributed by atoms with van der Waals surface area (Å²) in [7, 11) is 0. The Bertz CT molecular complexity index is 499. The smallest absolute Gasteiger partial charge is 0.260 e. The first kappa shape index (κ1) is 15.8. The molecule has 6 nitrogen and oxygen atoms in total. The average molecular weight is 356 g/mol. The van der Waals surface area contributed by atoms with Gasteiger partial charge in [0, 0.05) is 23.5 Å². The maximum Gasteiger partial charge on any atom is 0.260 e. The number of hydrogen-bond donors (Lipinski definition) is 2. The van der Waals surface area contributed by atoms with Crippen molar-refractivity contribution >= 4 is 27.7 Å². The molecule has 0 spiro atoms. The number of hydrazine groups is 1. The highest BCUT2D eigenvalue weighted by Gasteiger charge is 2.26. The normalized spacial score (nSPS) is 15.6. The number of nitrogens with one attached hydrogen (secondary N) is 1. The van der Waals surface area contributed by atoms with E-state index in [0.29, 0.717) is 31.7 Å². The lowest BCUT2D eigenvalue weighted by Crippen LogP contribution is -2.45. The van der Waals surface area contributed by atoms with E-state index in [2.05, 4.69) is 21.4 Å². The molecule has 114 valence electrons. The number of carbonyl (C=O) groups excluding carboxylic acids is 2. The Hall–Kier alpha value is -1.60. The summed E-state index contributed by atoms with van der Waals surface area (Å²) in [5.74, 6) is 5.44. The molecule has 1 aromatic rings. The molecule has 1 heterocycles. The zero-order valence-corrected chi connectivity index (χ0v) is 13.1. The van der Waals surface area contributed by atoms with Crippen LogP contribution in [0.3, 0.4) is 0 Å². The standard InChI is InChI=1S/C14H18BrN3O3/c15-11-1-3-12(4-2-11)21-9-13(19)18-7-5-10(6-8-18)14(20)17-16/h1-4,10H,5-9,16H2,(H,17,20). The molecule has 0 unspecified atom stereocenters. The van der Waals surface area contributed by atoms with Crippen molar-refractivity contribution in [2.45, 2.75) is 12.8 Å². The Morgan fingerprint density at radius 2 is 1.90 bits per heavy atom. The van der Waals surface area contributed by atoms with E-state index in [4.69, 9.17) is 10.6 Å². The van der Waals surface area contributed by atoms with Crippen molar-refractivity contribution < 1.29 is 14.3 Å². The van der Waals surface area contributed by atoms with E-state index in [1.807, 2.05) is 12.1 Å². The molecule has 1 fully saturated rings. The van der Waals surface area contributed by atoms with E-state index in [1.54, 1.807) is 17.0 Å². The topological polar surface area (TPSA) is 84.7 Å². The fraction of sp³-hybridized carbons (Fsp3) is 0.429. The summed E-state index contributed by atoms with van der Waals surface area (Å²) >= 11 is 3.34. The Labute approximate surface area is 131 Å². The number of piperidine rings is 1. The molecule has 0 atom stereocenters. The Balaban J connectivity index is 1.77. The first-order valence-corrected chi connectivity index (χ1v) is 7.56. The van der Waals surface area contributed by atoms with Crippen molar-refractivity contribution in [3.05, 3.63) is 28.7 Å². The summed E-state index contributed by atoms with van der Waals surface area (Å²) in [5.41, 5.74) is 2.16. The molecule has 0 bridgehead atoms. The lowest BCUT2D eigenvalue weighted by atomic mass is 9.96. The van der Waals surface area contributed by atoms with Gasteiger partial charge in [-0.25, -0.2) is 5.84 Å². The van der Waals surface area contributed by atoms with Gasteiger partial charge in [0.2, 0.25) is 5.91 Å². The molecule has 1 aliphatic heterocycles. The second-order valence-corrected chi connectivity index (χ2v) is 5.82. The third-order valence-corrected chi connectivity index (χ3v) is 4.07. The highest BCUT2D eigenvalue weighted by atomic mass is 79.9. The lowest BCUT2D eigenvalue weighted by Gasteiger charge is -2.30. The molecule has 1 aliphatic rings. The van der Waals surface area contributed by atoms with Gasteiger partial charge in [0.1, 0.15) is 5.75 Å². The lowest BCUT2D eigenvalue weighted by molar-refractivity contribution is -0.137. The van der Waals surface area contributed by atoms with Crippen molar-refractivity contribution in [3.8, 4) is 5.75 Å². The quantitative estimate of drug-likeness (QED) is 0.480. The third-order valence-electron chi connectivity index (χ3n) is 3.54. The Morgan fingerprint density at radius 3 is 2.48 bits per heavy atom. The van der Waals surface area contributed by atoms with Gasteiger partial charge in [-0.3, -0.25) is 15.0 Å². The van der Waals surface area contributed by atoms with Crippen molar-refractivity contribution in [2.24, 2.45) is 11.8 Å². The maximum atomic E-state index is 12.1. The van der Waals surface area contributed by atoms with Crippen molar-refractivity contribution in [3.63, 3.8) is 0 Å². The van der Waals surface area contributed by atoms with Gasteiger partial charge in [-0.05, 0) is 37.1 Å². The first-order chi connectivity index (χ1) is 10.1. The number of nitrogens with zero attached hydrogens (tertiary/aromatic N) is 1. The van der Waals surface area contributed by atoms with Crippen LogP contribution in [0.25, 0.3) is 0 Å². The molecule has 1 saturated heterocycles. The third kappa shape index (κ3) is 4.44. The maximum absolute atomic E-state index is 12.1. The summed E-state index contributed by atoms with van der Waals surface area (Å²) < 4.78 is 6.42. The number of halogens is 1. The molecule has 1 aromatic carbocycles. The summed E-state index contributed by atoms with van der Waals surface area (Å²) in [6.45, 7) is 1.12. The zero-order chi connectivity index (χ0) is 15.2. The van der Waals surface area contributed by atoms with Crippen LogP contribution in [0.5, 0.6) is 5.75 Å². The largest absolute Gasteiger partial charge is 0.484 e. The van der Waals surface area contributed by atoms with Gasteiger partial charge in [0.15, 0.2) is 6.61 Å². The Kier molecular flexibility index (Phi) is 5.58. The summed E-state index contributed by atoms with van der Waals surface area (Å²) in [6.07, 6.45) is 1.26. The number of carbonyl (C=O) groups is 2. The highest BCUT2D eigenvalue weighted by molar-refractivity contribution is 9.10. The predicted octanol–water partition coefficient (Wildman–Crippen LogP) is 1.06. The number of nitrogens with two attached hydrogens (primary N) is 1. The van der Waals surface area contributed by atoms with Crippen molar-refractivity contribution in [1.82, 2.24) is 10.3 Å². The van der Waals surface area contributed by atoms with Gasteiger partial charge >= 0.3 is 0 Å². The fourth-order valence-corrected chi connectivity index (χ4v) is 2.54. The molecule has 2 rings (SSSR count). The predicted molar refractivity (Wildman–Crippen MR) is 81.3 cm³/mol. The molecule has 0 aromatic heterocycles. The van der Waals surface area contributed by atoms with Gasteiger partial charge in [0.25, 0.3) is 5.91 Å². The van der Waals surface area contributed by atoms with E-state index in [-0.39, 0.29) is 24.3 Å². The molecule has 3 N–H and O–H groups in total. The monoisotopic (exact) mass is 355 g/mol. The minimum absolute atomic E-state index is 0.00931. The van der Waals surface area contributed by atoms with Crippen LogP contribution in [0.15, 0.2) is 28.7 Å². The summed E-state index contributed by atoms with van der Waals surface area (Å²) in [4.78, 5) is 25.2. The van der Waals surface area contributed by atoms with E-state index < -0.39 is 0 Å². The molecular formula is C14H18BrN3O3. The number of benzene rings is 1. The van der Waals surface area contributed by atoms with E-state index in [0.717, 1.165) is 4.47 Å². The molecule has 21 heavy (non-hydrogen) atoms. The van der Waals surface area contributed by atoms with Crippen LogP contribution in [0.1, 0.15) is 12.8 Å². The van der Waals surface area contributed by atoms with Crippen LogP contribution in [0, 0.1) is 5.92 Å². The van der Waals surface area contributed by atoms with Crippen LogP contribution in [-0.2, 0) is 9.59 Å². The first-order valence-electron chi connectivity index (χ1n) is 6.76. The molecule has 0 radical (unpaired) electrons. The van der Waals surface area contributed by atoms with Crippen molar-refractivity contribution in [2.75, 3.05) is 19.7 Å². The fourth-order valence-electron chi connectivity index (χ4n) is 2.28. The summed E-state index contributed by atoms with van der Waals surface area (Å²) in [5, 5.41) is 0. The highest BCUT2D eigenvalue weighted by Crippen LogP contribution is 2.18. The van der Waals surface area contributed by atoms with E-state index >= 15 is 0 Å². The SMILES string of the molecule is NNC(=O)C1CCN(C(=O)COc2ccc(Br)cc2)CC1. The molecule has 2 amide bonds. The number of ether oxygens (including phenoxy) is 1. The van der Waals surface area contributed by atoms with E-state index in [1.165, 1.54) is 0 Å². The van der Waals surface area contributed by atoms with E-state index in [9.17, 15) is 9.59 Å². The Morgan fingerprint density at radius 1 is 1.29 bits per heavy atom. The average Bonchev–Trinajstić information content (AvgIpc) is 2.53. The zero-order valence-electron chi connectivity index (χ0n) is 11.5. The minimum atomic E-state index is -0.159. The van der Waals surface area contributed by atoms with Crippen LogP contribution < -0.4 is 16.0 Å². The van der Waals surface area contributed by atoms with Gasteiger partial charge in [-0.1, -0.05) is 15.9 Å².